The van der Waals surface area contributed by atoms with Crippen molar-refractivity contribution in [2.45, 2.75) is 0 Å². The van der Waals surface area contributed by atoms with Gasteiger partial charge in [-0.05, 0) is 63.7 Å². The van der Waals surface area contributed by atoms with E-state index in [2.05, 4.69) is 161 Å². The number of aromatic nitrogens is 5. The highest BCUT2D eigenvalue weighted by atomic mass is 15.0. The molecule has 0 saturated heterocycles. The van der Waals surface area contributed by atoms with Crippen molar-refractivity contribution in [1.82, 2.24) is 24.5 Å². The van der Waals surface area contributed by atoms with Crippen molar-refractivity contribution in [3.05, 3.63) is 200 Å². The molecule has 10 rings (SSSR count). The van der Waals surface area contributed by atoms with Crippen LogP contribution in [0.25, 0.3) is 95.0 Å². The van der Waals surface area contributed by atoms with Crippen molar-refractivity contribution in [2.75, 3.05) is 0 Å². The predicted octanol–water partition coefficient (Wildman–Crippen LogP) is 12.4. The minimum absolute atomic E-state index is 0.628. The second-order valence-corrected chi connectivity index (χ2v) is 13.5. The summed E-state index contributed by atoms with van der Waals surface area (Å²) in [5.41, 5.74) is 13.2. The molecule has 5 heteroatoms. The maximum atomic E-state index is 4.98. The van der Waals surface area contributed by atoms with Crippen LogP contribution in [0.15, 0.2) is 200 Å². The van der Waals surface area contributed by atoms with Gasteiger partial charge in [-0.1, -0.05) is 158 Å². The number of benzene rings is 7. The van der Waals surface area contributed by atoms with E-state index >= 15 is 0 Å². The van der Waals surface area contributed by atoms with Gasteiger partial charge in [0, 0.05) is 45.5 Å². The molecule has 5 nitrogen and oxygen atoms in total. The summed E-state index contributed by atoms with van der Waals surface area (Å²) >= 11 is 0. The van der Waals surface area contributed by atoms with Crippen LogP contribution in [-0.2, 0) is 0 Å². The third-order valence-corrected chi connectivity index (χ3v) is 10.2. The molecule has 0 amide bonds. The predicted molar refractivity (Wildman–Crippen MR) is 225 cm³/mol. The molecule has 55 heavy (non-hydrogen) atoms. The molecular formula is C50H33N5. The van der Waals surface area contributed by atoms with Gasteiger partial charge in [0.15, 0.2) is 17.5 Å². The third-order valence-electron chi connectivity index (χ3n) is 10.2. The van der Waals surface area contributed by atoms with Crippen LogP contribution >= 0.6 is 0 Å². The Bertz CT molecular complexity index is 2920. The Morgan fingerprint density at radius 2 is 0.800 bits per heavy atom. The first-order valence-corrected chi connectivity index (χ1v) is 18.4. The smallest absolute Gasteiger partial charge is 0.164 e. The second kappa shape index (κ2) is 13.8. The second-order valence-electron chi connectivity index (χ2n) is 13.5. The molecule has 0 aliphatic rings. The van der Waals surface area contributed by atoms with Crippen LogP contribution in [0.1, 0.15) is 0 Å². The van der Waals surface area contributed by atoms with Gasteiger partial charge in [0.1, 0.15) is 0 Å². The third kappa shape index (κ3) is 6.04. The number of rotatable bonds is 7. The summed E-state index contributed by atoms with van der Waals surface area (Å²) in [6.07, 6.45) is 3.65. The molecule has 7 aromatic carbocycles. The van der Waals surface area contributed by atoms with E-state index in [1.165, 1.54) is 32.9 Å². The Morgan fingerprint density at radius 1 is 0.327 bits per heavy atom. The number of nitrogens with zero attached hydrogens (tertiary/aromatic N) is 5. The van der Waals surface area contributed by atoms with Crippen LogP contribution in [0.3, 0.4) is 0 Å². The van der Waals surface area contributed by atoms with Gasteiger partial charge < -0.3 is 4.57 Å². The number of fused-ring (bicyclic) bond motifs is 3. The lowest BCUT2D eigenvalue weighted by molar-refractivity contribution is 1.07. The van der Waals surface area contributed by atoms with Gasteiger partial charge in [-0.2, -0.15) is 0 Å². The molecular weight excluding hydrogens is 671 g/mol. The van der Waals surface area contributed by atoms with E-state index in [1.807, 2.05) is 42.6 Å². The van der Waals surface area contributed by atoms with Crippen LogP contribution < -0.4 is 0 Å². The first-order chi connectivity index (χ1) is 27.3. The van der Waals surface area contributed by atoms with Crippen LogP contribution in [0.2, 0.25) is 0 Å². The van der Waals surface area contributed by atoms with Crippen LogP contribution in [0, 0.1) is 0 Å². The van der Waals surface area contributed by atoms with E-state index in [0.717, 1.165) is 44.6 Å². The van der Waals surface area contributed by atoms with Crippen LogP contribution in [0.5, 0.6) is 0 Å². The average molecular weight is 704 g/mol. The minimum atomic E-state index is 0.628. The number of pyridine rings is 1. The molecule has 0 spiro atoms. The summed E-state index contributed by atoms with van der Waals surface area (Å²) in [5, 5.41) is 2.50. The molecule has 10 aromatic rings. The Labute approximate surface area is 318 Å². The Morgan fingerprint density at radius 3 is 1.40 bits per heavy atom. The lowest BCUT2D eigenvalue weighted by atomic mass is 9.96. The Balaban J connectivity index is 0.981. The van der Waals surface area contributed by atoms with Gasteiger partial charge in [0.25, 0.3) is 0 Å². The highest BCUT2D eigenvalue weighted by molar-refractivity contribution is 6.15. The molecule has 0 unspecified atom stereocenters. The standard InChI is InChI=1S/C50H33N5/c1-3-11-38(12-4-1)48-52-49(54-50(53-48)40-30-24-36(25-31-40)41-13-10-32-51-33-41)39-28-22-35(23-29-39)34-20-26-37(27-21-34)43-17-9-19-46-47(43)44-16-7-8-18-45(44)55(46)42-14-5-2-6-15-42/h1-33H. The zero-order valence-corrected chi connectivity index (χ0v) is 29.8. The molecule has 0 N–H and O–H groups in total. The van der Waals surface area contributed by atoms with E-state index in [9.17, 15) is 0 Å². The molecule has 0 atom stereocenters. The highest BCUT2D eigenvalue weighted by Crippen LogP contribution is 2.39. The number of para-hydroxylation sites is 2. The molecule has 0 fully saturated rings. The molecule has 0 saturated carbocycles. The SMILES string of the molecule is c1ccc(-c2nc(-c3ccc(-c4ccc(-c5cccc6c5c5ccccc5n6-c5ccccc5)cc4)cc3)nc(-c3ccc(-c4cccnc4)cc3)n2)cc1. The Kier molecular flexibility index (Phi) is 8.08. The molecule has 0 aliphatic heterocycles. The number of hydrogen-bond acceptors (Lipinski definition) is 4. The zero-order chi connectivity index (χ0) is 36.6. The van der Waals surface area contributed by atoms with Crippen molar-refractivity contribution >= 4 is 21.8 Å². The fraction of sp³-hybridized carbons (Fsp3) is 0. The van der Waals surface area contributed by atoms with E-state index in [1.54, 1.807) is 6.20 Å². The van der Waals surface area contributed by atoms with Crippen molar-refractivity contribution in [2.24, 2.45) is 0 Å². The van der Waals surface area contributed by atoms with E-state index < -0.39 is 0 Å². The van der Waals surface area contributed by atoms with Crippen molar-refractivity contribution < 1.29 is 0 Å². The summed E-state index contributed by atoms with van der Waals surface area (Å²) < 4.78 is 2.36. The summed E-state index contributed by atoms with van der Waals surface area (Å²) in [6.45, 7) is 0. The zero-order valence-electron chi connectivity index (χ0n) is 29.8. The van der Waals surface area contributed by atoms with Gasteiger partial charge in [-0.25, -0.2) is 15.0 Å². The maximum absolute atomic E-state index is 4.98. The van der Waals surface area contributed by atoms with Gasteiger partial charge in [-0.15, -0.1) is 0 Å². The van der Waals surface area contributed by atoms with Crippen molar-refractivity contribution in [3.63, 3.8) is 0 Å². The summed E-state index contributed by atoms with van der Waals surface area (Å²) in [7, 11) is 0. The molecule has 0 radical (unpaired) electrons. The van der Waals surface area contributed by atoms with Gasteiger partial charge in [0.05, 0.1) is 11.0 Å². The quantitative estimate of drug-likeness (QED) is 0.166. The average Bonchev–Trinajstić information content (AvgIpc) is 3.62. The largest absolute Gasteiger partial charge is 0.309 e. The van der Waals surface area contributed by atoms with Gasteiger partial charge in [0.2, 0.25) is 0 Å². The molecule has 3 heterocycles. The monoisotopic (exact) mass is 703 g/mol. The van der Waals surface area contributed by atoms with Crippen LogP contribution in [-0.4, -0.2) is 24.5 Å². The van der Waals surface area contributed by atoms with E-state index in [-0.39, 0.29) is 0 Å². The summed E-state index contributed by atoms with van der Waals surface area (Å²) in [4.78, 5) is 19.1. The van der Waals surface area contributed by atoms with Gasteiger partial charge in [-0.3, -0.25) is 4.98 Å². The molecule has 258 valence electrons. The maximum Gasteiger partial charge on any atom is 0.164 e. The molecule has 0 aliphatic carbocycles. The van der Waals surface area contributed by atoms with Gasteiger partial charge >= 0.3 is 0 Å². The fourth-order valence-corrected chi connectivity index (χ4v) is 7.46. The van der Waals surface area contributed by atoms with E-state index in [4.69, 9.17) is 15.0 Å². The molecule has 0 bridgehead atoms. The van der Waals surface area contributed by atoms with Crippen molar-refractivity contribution in [3.8, 4) is 73.2 Å². The van der Waals surface area contributed by atoms with E-state index in [0.29, 0.717) is 17.5 Å². The highest BCUT2D eigenvalue weighted by Gasteiger charge is 2.17. The lowest BCUT2D eigenvalue weighted by Crippen LogP contribution is -2.00. The number of hydrogen-bond donors (Lipinski definition) is 0. The summed E-state index contributed by atoms with van der Waals surface area (Å²) in [5.74, 6) is 1.89. The minimum Gasteiger partial charge on any atom is -0.309 e. The summed E-state index contributed by atoms with van der Waals surface area (Å²) in [6, 6.07) is 65.6. The fourth-order valence-electron chi connectivity index (χ4n) is 7.46. The normalized spacial score (nSPS) is 11.3. The van der Waals surface area contributed by atoms with Crippen LogP contribution in [0.4, 0.5) is 0 Å². The Hall–Kier alpha value is -7.50. The topological polar surface area (TPSA) is 56.5 Å². The lowest BCUT2D eigenvalue weighted by Gasteiger charge is -2.10. The van der Waals surface area contributed by atoms with Crippen molar-refractivity contribution in [1.29, 1.82) is 0 Å². The molecule has 3 aromatic heterocycles. The first kappa shape index (κ1) is 32.2. The first-order valence-electron chi connectivity index (χ1n) is 18.4.